The van der Waals surface area contributed by atoms with Gasteiger partial charge in [0.15, 0.2) is 5.76 Å². The molecular formula is C8H8N2O5. The van der Waals surface area contributed by atoms with Crippen LogP contribution < -0.4 is 0 Å². The zero-order valence-electron chi connectivity index (χ0n) is 7.62. The first kappa shape index (κ1) is 10.9. The van der Waals surface area contributed by atoms with E-state index in [4.69, 9.17) is 0 Å². The SMILES string of the molecule is C=CC1CC([N+](=O)[O-])=CC([N+](=O)[O-])=C1O. The molecule has 1 unspecified atom stereocenters. The summed E-state index contributed by atoms with van der Waals surface area (Å²) in [6, 6.07) is 0. The molecular weight excluding hydrogens is 204 g/mol. The quantitative estimate of drug-likeness (QED) is 0.432. The molecule has 0 bridgehead atoms. The van der Waals surface area contributed by atoms with Gasteiger partial charge in [-0.2, -0.15) is 0 Å². The molecule has 1 atom stereocenters. The summed E-state index contributed by atoms with van der Waals surface area (Å²) in [6.45, 7) is 3.36. The Balaban J connectivity index is 3.22. The fraction of sp³-hybridized carbons (Fsp3) is 0.250. The van der Waals surface area contributed by atoms with Gasteiger partial charge in [0.05, 0.1) is 28.3 Å². The van der Waals surface area contributed by atoms with Crippen molar-refractivity contribution in [2.75, 3.05) is 0 Å². The number of nitrogens with zero attached hydrogens (tertiary/aromatic N) is 2. The molecule has 0 spiro atoms. The van der Waals surface area contributed by atoms with Crippen LogP contribution in [-0.4, -0.2) is 15.0 Å². The molecule has 0 aromatic heterocycles. The van der Waals surface area contributed by atoms with Crippen LogP contribution in [0.5, 0.6) is 0 Å². The van der Waals surface area contributed by atoms with Crippen LogP contribution in [0.2, 0.25) is 0 Å². The molecule has 0 aromatic rings. The number of aliphatic hydroxyl groups is 1. The summed E-state index contributed by atoms with van der Waals surface area (Å²) >= 11 is 0. The Labute approximate surface area is 84.3 Å². The van der Waals surface area contributed by atoms with E-state index >= 15 is 0 Å². The molecule has 0 saturated carbocycles. The average molecular weight is 212 g/mol. The van der Waals surface area contributed by atoms with Gasteiger partial charge in [-0.3, -0.25) is 20.2 Å². The molecule has 0 amide bonds. The lowest BCUT2D eigenvalue weighted by Gasteiger charge is -2.13. The van der Waals surface area contributed by atoms with Crippen molar-refractivity contribution in [3.8, 4) is 0 Å². The molecule has 7 heteroatoms. The van der Waals surface area contributed by atoms with E-state index in [0.29, 0.717) is 0 Å². The summed E-state index contributed by atoms with van der Waals surface area (Å²) in [5.41, 5.74) is -0.942. The van der Waals surface area contributed by atoms with Gasteiger partial charge in [0.25, 0.3) is 5.70 Å². The molecule has 0 aliphatic heterocycles. The zero-order valence-corrected chi connectivity index (χ0v) is 7.62. The summed E-state index contributed by atoms with van der Waals surface area (Å²) in [7, 11) is 0. The fourth-order valence-corrected chi connectivity index (χ4v) is 1.27. The molecule has 7 nitrogen and oxygen atoms in total. The summed E-state index contributed by atoms with van der Waals surface area (Å²) in [5.74, 6) is -1.25. The van der Waals surface area contributed by atoms with Gasteiger partial charge in [0.1, 0.15) is 0 Å². The third-order valence-electron chi connectivity index (χ3n) is 2.06. The number of aliphatic hydroxyl groups excluding tert-OH is 1. The second-order valence-corrected chi connectivity index (χ2v) is 2.97. The van der Waals surface area contributed by atoms with Crippen LogP contribution in [0.25, 0.3) is 0 Å². The summed E-state index contributed by atoms with van der Waals surface area (Å²) in [5, 5.41) is 30.3. The molecule has 1 rings (SSSR count). The van der Waals surface area contributed by atoms with Crippen LogP contribution in [-0.2, 0) is 0 Å². The Morgan fingerprint density at radius 2 is 2.07 bits per heavy atom. The van der Waals surface area contributed by atoms with E-state index in [9.17, 15) is 25.3 Å². The highest BCUT2D eigenvalue weighted by atomic mass is 16.6. The Kier molecular flexibility index (Phi) is 2.84. The minimum atomic E-state index is -0.853. The van der Waals surface area contributed by atoms with E-state index < -0.39 is 27.2 Å². The lowest BCUT2D eigenvalue weighted by Crippen LogP contribution is -2.17. The number of allylic oxidation sites excluding steroid dienone is 3. The van der Waals surface area contributed by atoms with Crippen LogP contribution in [0.3, 0.4) is 0 Å². The Morgan fingerprint density at radius 3 is 2.47 bits per heavy atom. The molecule has 1 aliphatic rings. The Bertz CT molecular complexity index is 396. The van der Waals surface area contributed by atoms with Crippen molar-refractivity contribution in [3.05, 3.63) is 56.1 Å². The lowest BCUT2D eigenvalue weighted by atomic mass is 9.95. The minimum Gasteiger partial charge on any atom is -0.505 e. The van der Waals surface area contributed by atoms with Crippen molar-refractivity contribution in [3.63, 3.8) is 0 Å². The van der Waals surface area contributed by atoms with Gasteiger partial charge in [-0.15, -0.1) is 6.58 Å². The molecule has 0 fully saturated rings. The highest BCUT2D eigenvalue weighted by Crippen LogP contribution is 2.29. The number of nitro groups is 2. The van der Waals surface area contributed by atoms with Crippen LogP contribution in [0.4, 0.5) is 0 Å². The van der Waals surface area contributed by atoms with E-state index in [1.54, 1.807) is 0 Å². The molecule has 1 aliphatic carbocycles. The van der Waals surface area contributed by atoms with E-state index in [1.807, 2.05) is 0 Å². The third kappa shape index (κ3) is 2.01. The predicted octanol–water partition coefficient (Wildman–Crippen LogP) is 1.40. The normalized spacial score (nSPS) is 20.8. The average Bonchev–Trinajstić information content (AvgIpc) is 2.17. The first-order valence-electron chi connectivity index (χ1n) is 4.02. The molecule has 80 valence electrons. The summed E-state index contributed by atoms with van der Waals surface area (Å²) in [6.07, 6.45) is 1.93. The van der Waals surface area contributed by atoms with E-state index in [2.05, 4.69) is 6.58 Å². The maximum atomic E-state index is 10.5. The van der Waals surface area contributed by atoms with E-state index in [0.717, 1.165) is 6.08 Å². The Morgan fingerprint density at radius 1 is 1.47 bits per heavy atom. The van der Waals surface area contributed by atoms with Crippen molar-refractivity contribution >= 4 is 0 Å². The molecule has 0 saturated heterocycles. The molecule has 0 heterocycles. The Hall–Kier alpha value is -2.18. The van der Waals surface area contributed by atoms with Crippen LogP contribution in [0.15, 0.2) is 35.9 Å². The maximum absolute atomic E-state index is 10.5. The second kappa shape index (κ2) is 3.91. The van der Waals surface area contributed by atoms with Crippen LogP contribution >= 0.6 is 0 Å². The van der Waals surface area contributed by atoms with Gasteiger partial charge in [0, 0.05) is 0 Å². The van der Waals surface area contributed by atoms with Gasteiger partial charge in [0.2, 0.25) is 0 Å². The first-order chi connectivity index (χ1) is 6.97. The van der Waals surface area contributed by atoms with Gasteiger partial charge >= 0.3 is 5.70 Å². The molecule has 15 heavy (non-hydrogen) atoms. The van der Waals surface area contributed by atoms with E-state index in [-0.39, 0.29) is 12.1 Å². The summed E-state index contributed by atoms with van der Waals surface area (Å²) < 4.78 is 0. The monoisotopic (exact) mass is 212 g/mol. The molecule has 0 radical (unpaired) electrons. The van der Waals surface area contributed by atoms with Crippen molar-refractivity contribution in [2.24, 2.45) is 5.92 Å². The third-order valence-corrected chi connectivity index (χ3v) is 2.06. The maximum Gasteiger partial charge on any atom is 0.313 e. The van der Waals surface area contributed by atoms with E-state index in [1.165, 1.54) is 6.08 Å². The minimum absolute atomic E-state index is 0.0837. The van der Waals surface area contributed by atoms with Crippen molar-refractivity contribution in [1.82, 2.24) is 0 Å². The van der Waals surface area contributed by atoms with Gasteiger partial charge < -0.3 is 5.11 Å². The van der Waals surface area contributed by atoms with Gasteiger partial charge in [-0.25, -0.2) is 0 Å². The van der Waals surface area contributed by atoms with Crippen molar-refractivity contribution in [1.29, 1.82) is 0 Å². The zero-order chi connectivity index (χ0) is 11.6. The van der Waals surface area contributed by atoms with Crippen LogP contribution in [0.1, 0.15) is 6.42 Å². The van der Waals surface area contributed by atoms with Crippen molar-refractivity contribution < 1.29 is 15.0 Å². The fourth-order valence-electron chi connectivity index (χ4n) is 1.27. The number of rotatable bonds is 3. The topological polar surface area (TPSA) is 107 Å². The van der Waals surface area contributed by atoms with Crippen LogP contribution in [0, 0.1) is 26.1 Å². The second-order valence-electron chi connectivity index (χ2n) is 2.97. The predicted molar refractivity (Wildman–Crippen MR) is 50.0 cm³/mol. The summed E-state index contributed by atoms with van der Waals surface area (Å²) in [4.78, 5) is 19.4. The lowest BCUT2D eigenvalue weighted by molar-refractivity contribution is -0.440. The molecule has 0 aromatic carbocycles. The highest BCUT2D eigenvalue weighted by Gasteiger charge is 2.33. The largest absolute Gasteiger partial charge is 0.505 e. The van der Waals surface area contributed by atoms with Gasteiger partial charge in [-0.05, 0) is 0 Å². The number of hydrogen-bond donors (Lipinski definition) is 1. The standard InChI is InChI=1S/C8H8N2O5/c1-2-5-3-6(9(12)13)4-7(8(5)11)10(14)15/h2,4-5,11H,1,3H2. The molecule has 1 N–H and O–H groups in total. The number of hydrogen-bond acceptors (Lipinski definition) is 5. The van der Waals surface area contributed by atoms with Crippen molar-refractivity contribution in [2.45, 2.75) is 6.42 Å². The first-order valence-corrected chi connectivity index (χ1v) is 4.02. The van der Waals surface area contributed by atoms with Gasteiger partial charge in [-0.1, -0.05) is 6.08 Å². The smallest absolute Gasteiger partial charge is 0.313 e. The highest BCUT2D eigenvalue weighted by molar-refractivity contribution is 5.27.